The first-order chi connectivity index (χ1) is 7.22. The number of hydrogen-bond acceptors (Lipinski definition) is 3. The Hall–Kier alpha value is -1.51. The molecule has 1 aliphatic heterocycles. The van der Waals surface area contributed by atoms with Gasteiger partial charge in [0.15, 0.2) is 5.90 Å². The van der Waals surface area contributed by atoms with Gasteiger partial charge < -0.3 is 9.47 Å². The summed E-state index contributed by atoms with van der Waals surface area (Å²) in [4.78, 5) is 4.08. The second kappa shape index (κ2) is 6.06. The topological polar surface area (TPSA) is 30.8 Å². The highest BCUT2D eigenvalue weighted by atomic mass is 16.5. The van der Waals surface area contributed by atoms with Gasteiger partial charge >= 0.3 is 0 Å². The zero-order valence-corrected chi connectivity index (χ0v) is 9.43. The Labute approximate surface area is 90.7 Å². The summed E-state index contributed by atoms with van der Waals surface area (Å²) >= 11 is 0. The first-order valence-corrected chi connectivity index (χ1v) is 4.98. The zero-order chi connectivity index (χ0) is 11.1. The molecule has 0 aliphatic carbocycles. The van der Waals surface area contributed by atoms with Gasteiger partial charge in [-0.05, 0) is 19.1 Å². The summed E-state index contributed by atoms with van der Waals surface area (Å²) in [7, 11) is 1.66. The van der Waals surface area contributed by atoms with E-state index < -0.39 is 0 Å². The molecular formula is C12H17NO2. The summed E-state index contributed by atoms with van der Waals surface area (Å²) in [6.45, 7) is 4.69. The van der Waals surface area contributed by atoms with E-state index in [0.29, 0.717) is 6.04 Å². The molecule has 0 saturated heterocycles. The van der Waals surface area contributed by atoms with Crippen molar-refractivity contribution in [1.82, 2.24) is 0 Å². The van der Waals surface area contributed by atoms with Crippen LogP contribution in [0.5, 0.6) is 5.75 Å². The van der Waals surface area contributed by atoms with Crippen LogP contribution in [0.1, 0.15) is 13.8 Å². The predicted octanol–water partition coefficient (Wildman–Crippen LogP) is 2.52. The molecule has 0 aromatic heterocycles. The molecule has 1 aromatic rings. The summed E-state index contributed by atoms with van der Waals surface area (Å²) < 4.78 is 9.93. The Morgan fingerprint density at radius 2 is 2.00 bits per heavy atom. The minimum Gasteiger partial charge on any atom is -0.497 e. The molecule has 1 atom stereocenters. The van der Waals surface area contributed by atoms with Gasteiger partial charge in [-0.15, -0.1) is 0 Å². The number of ether oxygens (including phenoxy) is 2. The third kappa shape index (κ3) is 4.49. The fourth-order valence-electron chi connectivity index (χ4n) is 1.18. The minimum atomic E-state index is 0.389. The molecule has 1 aromatic carbocycles. The normalized spacial score (nSPS) is 18.3. The predicted molar refractivity (Wildman–Crippen MR) is 61.5 cm³/mol. The molecule has 1 aliphatic rings. The van der Waals surface area contributed by atoms with Gasteiger partial charge in [-0.1, -0.05) is 18.2 Å². The number of aliphatic imine (C=N–C) groups is 1. The van der Waals surface area contributed by atoms with Crippen LogP contribution in [0.25, 0.3) is 0 Å². The van der Waals surface area contributed by atoms with Crippen molar-refractivity contribution in [2.75, 3.05) is 13.7 Å². The van der Waals surface area contributed by atoms with Gasteiger partial charge in [0.25, 0.3) is 0 Å². The monoisotopic (exact) mass is 207 g/mol. The molecule has 0 radical (unpaired) electrons. The van der Waals surface area contributed by atoms with E-state index in [0.717, 1.165) is 18.3 Å². The van der Waals surface area contributed by atoms with Gasteiger partial charge in [0.2, 0.25) is 0 Å². The van der Waals surface area contributed by atoms with Crippen LogP contribution in [0.2, 0.25) is 0 Å². The lowest BCUT2D eigenvalue weighted by atomic mass is 10.3. The Bertz CT molecular complexity index is 309. The first kappa shape index (κ1) is 11.6. The van der Waals surface area contributed by atoms with Crippen molar-refractivity contribution in [1.29, 1.82) is 0 Å². The highest BCUT2D eigenvalue weighted by Gasteiger charge is 2.07. The van der Waals surface area contributed by atoms with E-state index in [4.69, 9.17) is 9.47 Å². The fourth-order valence-corrected chi connectivity index (χ4v) is 1.18. The second-order valence-corrected chi connectivity index (χ2v) is 3.33. The summed E-state index contributed by atoms with van der Waals surface area (Å²) in [6.07, 6.45) is 0. The molecule has 82 valence electrons. The van der Waals surface area contributed by atoms with Gasteiger partial charge in [-0.25, -0.2) is 4.99 Å². The Morgan fingerprint density at radius 1 is 1.33 bits per heavy atom. The van der Waals surface area contributed by atoms with Gasteiger partial charge in [0.1, 0.15) is 12.4 Å². The molecule has 0 N–H and O–H groups in total. The third-order valence-corrected chi connectivity index (χ3v) is 1.91. The number of para-hydroxylation sites is 1. The third-order valence-electron chi connectivity index (χ3n) is 1.91. The van der Waals surface area contributed by atoms with Crippen LogP contribution in [0.4, 0.5) is 0 Å². The molecule has 2 rings (SSSR count). The molecular weight excluding hydrogens is 190 g/mol. The van der Waals surface area contributed by atoms with Crippen molar-refractivity contribution >= 4 is 5.90 Å². The number of nitrogens with zero attached hydrogens (tertiary/aromatic N) is 1. The smallest absolute Gasteiger partial charge is 0.180 e. The lowest BCUT2D eigenvalue weighted by Gasteiger charge is -1.93. The SMILES string of the molecule is CC1=NC(C)CO1.COc1ccccc1. The molecule has 0 fully saturated rings. The van der Waals surface area contributed by atoms with E-state index in [2.05, 4.69) is 4.99 Å². The van der Waals surface area contributed by atoms with E-state index in [1.54, 1.807) is 7.11 Å². The number of hydrogen-bond donors (Lipinski definition) is 0. The van der Waals surface area contributed by atoms with Crippen LogP contribution < -0.4 is 4.74 Å². The highest BCUT2D eigenvalue weighted by molar-refractivity contribution is 5.74. The Balaban J connectivity index is 0.000000151. The van der Waals surface area contributed by atoms with Crippen LogP contribution in [0.15, 0.2) is 35.3 Å². The first-order valence-electron chi connectivity index (χ1n) is 4.98. The van der Waals surface area contributed by atoms with Gasteiger partial charge in [0, 0.05) is 6.92 Å². The lowest BCUT2D eigenvalue weighted by Crippen LogP contribution is -1.97. The summed E-state index contributed by atoms with van der Waals surface area (Å²) in [5.74, 6) is 1.74. The number of benzene rings is 1. The Kier molecular flexibility index (Phi) is 4.68. The van der Waals surface area contributed by atoms with Crippen molar-refractivity contribution in [2.24, 2.45) is 4.99 Å². The van der Waals surface area contributed by atoms with E-state index in [-0.39, 0.29) is 0 Å². The highest BCUT2D eigenvalue weighted by Crippen LogP contribution is 2.05. The maximum absolute atomic E-state index is 5.02. The molecule has 15 heavy (non-hydrogen) atoms. The average Bonchev–Trinajstić information content (AvgIpc) is 2.65. The van der Waals surface area contributed by atoms with E-state index in [1.165, 1.54) is 0 Å². The van der Waals surface area contributed by atoms with E-state index >= 15 is 0 Å². The lowest BCUT2D eigenvalue weighted by molar-refractivity contribution is 0.321. The summed E-state index contributed by atoms with van der Waals surface area (Å²) in [5, 5.41) is 0. The van der Waals surface area contributed by atoms with Crippen molar-refractivity contribution < 1.29 is 9.47 Å². The second-order valence-electron chi connectivity index (χ2n) is 3.33. The average molecular weight is 207 g/mol. The zero-order valence-electron chi connectivity index (χ0n) is 9.43. The molecule has 1 heterocycles. The summed E-state index contributed by atoms with van der Waals surface area (Å²) in [6, 6.07) is 10.1. The van der Waals surface area contributed by atoms with Crippen molar-refractivity contribution in [3.63, 3.8) is 0 Å². The molecule has 3 heteroatoms. The number of rotatable bonds is 1. The quantitative estimate of drug-likeness (QED) is 0.708. The van der Waals surface area contributed by atoms with Crippen molar-refractivity contribution in [2.45, 2.75) is 19.9 Å². The largest absolute Gasteiger partial charge is 0.497 e. The van der Waals surface area contributed by atoms with E-state index in [9.17, 15) is 0 Å². The molecule has 0 bridgehead atoms. The van der Waals surface area contributed by atoms with Gasteiger partial charge in [-0.2, -0.15) is 0 Å². The molecule has 0 amide bonds. The summed E-state index contributed by atoms with van der Waals surface area (Å²) in [5.41, 5.74) is 0. The molecule has 3 nitrogen and oxygen atoms in total. The van der Waals surface area contributed by atoms with Crippen LogP contribution in [-0.4, -0.2) is 25.7 Å². The van der Waals surface area contributed by atoms with Crippen molar-refractivity contribution in [3.05, 3.63) is 30.3 Å². The number of methoxy groups -OCH3 is 1. The Morgan fingerprint density at radius 3 is 2.27 bits per heavy atom. The molecule has 0 saturated carbocycles. The van der Waals surface area contributed by atoms with Gasteiger partial charge in [0.05, 0.1) is 13.2 Å². The fraction of sp³-hybridized carbons (Fsp3) is 0.417. The maximum Gasteiger partial charge on any atom is 0.180 e. The van der Waals surface area contributed by atoms with Crippen LogP contribution >= 0.6 is 0 Å². The van der Waals surface area contributed by atoms with Crippen LogP contribution in [-0.2, 0) is 4.74 Å². The van der Waals surface area contributed by atoms with Crippen LogP contribution in [0, 0.1) is 0 Å². The molecule has 0 spiro atoms. The van der Waals surface area contributed by atoms with Crippen LogP contribution in [0.3, 0.4) is 0 Å². The molecule has 1 unspecified atom stereocenters. The standard InChI is InChI=1S/C7H8O.C5H9NO/c1-8-7-5-3-2-4-6-7;1-4-3-7-5(2)6-4/h2-6H,1H3;4H,3H2,1-2H3. The van der Waals surface area contributed by atoms with Gasteiger partial charge in [-0.3, -0.25) is 0 Å². The van der Waals surface area contributed by atoms with Crippen molar-refractivity contribution in [3.8, 4) is 5.75 Å². The minimum absolute atomic E-state index is 0.389. The maximum atomic E-state index is 5.02. The van der Waals surface area contributed by atoms with E-state index in [1.807, 2.05) is 44.2 Å².